The van der Waals surface area contributed by atoms with Gasteiger partial charge in [0.05, 0.1) is 17.2 Å². The van der Waals surface area contributed by atoms with E-state index >= 15 is 0 Å². The molecule has 0 fully saturated rings. The number of anilines is 2. The lowest BCUT2D eigenvalue weighted by Gasteiger charge is -2.13. The fraction of sp³-hybridized carbons (Fsp3) is 0.250. The number of hydrogen-bond donors (Lipinski definition) is 3. The van der Waals surface area contributed by atoms with Gasteiger partial charge in [0.25, 0.3) is 5.91 Å². The Morgan fingerprint density at radius 3 is 2.71 bits per heavy atom. The number of nitrogens with one attached hydrogen (secondary N) is 2. The van der Waals surface area contributed by atoms with Crippen LogP contribution in [-0.4, -0.2) is 28.6 Å². The molecule has 1 atom stereocenters. The van der Waals surface area contributed by atoms with Crippen LogP contribution in [0.5, 0.6) is 0 Å². The minimum Gasteiger partial charge on any atom is -0.392 e. The van der Waals surface area contributed by atoms with Crippen molar-refractivity contribution in [2.24, 2.45) is 0 Å². The summed E-state index contributed by atoms with van der Waals surface area (Å²) < 4.78 is 38.3. The highest BCUT2D eigenvalue weighted by molar-refractivity contribution is 5.99. The molecule has 8 heteroatoms. The first-order valence-corrected chi connectivity index (χ1v) is 7.13. The maximum absolute atomic E-state index is 12.8. The number of aromatic nitrogens is 1. The molecular weight excluding hydrogens is 323 g/mol. The highest BCUT2D eigenvalue weighted by Gasteiger charge is 2.30. The van der Waals surface area contributed by atoms with Crippen molar-refractivity contribution in [2.75, 3.05) is 11.9 Å². The summed E-state index contributed by atoms with van der Waals surface area (Å²) in [4.78, 5) is 16.1. The largest absolute Gasteiger partial charge is 0.416 e. The summed E-state index contributed by atoms with van der Waals surface area (Å²) in [5.74, 6) is -0.363. The van der Waals surface area contributed by atoms with E-state index in [1.165, 1.54) is 37.4 Å². The van der Waals surface area contributed by atoms with Crippen LogP contribution in [0.25, 0.3) is 0 Å². The van der Waals surface area contributed by atoms with Crippen molar-refractivity contribution in [2.45, 2.75) is 19.2 Å². The van der Waals surface area contributed by atoms with E-state index in [9.17, 15) is 23.1 Å². The zero-order valence-electron chi connectivity index (χ0n) is 12.8. The molecule has 0 spiro atoms. The Labute approximate surface area is 136 Å². The Morgan fingerprint density at radius 1 is 1.29 bits per heavy atom. The van der Waals surface area contributed by atoms with Crippen LogP contribution in [0.4, 0.5) is 24.7 Å². The van der Waals surface area contributed by atoms with Crippen LogP contribution >= 0.6 is 0 Å². The van der Waals surface area contributed by atoms with Crippen LogP contribution < -0.4 is 10.6 Å². The SMILES string of the molecule is CC(O)CNC(=O)c1cccnc1Nc1cccc(C(F)(F)F)c1. The summed E-state index contributed by atoms with van der Waals surface area (Å²) in [5, 5.41) is 14.4. The molecule has 2 aromatic rings. The first-order valence-electron chi connectivity index (χ1n) is 7.13. The van der Waals surface area contributed by atoms with Gasteiger partial charge in [0, 0.05) is 18.4 Å². The third-order valence-corrected chi connectivity index (χ3v) is 3.06. The number of benzene rings is 1. The molecule has 0 radical (unpaired) electrons. The Hall–Kier alpha value is -2.61. The van der Waals surface area contributed by atoms with Gasteiger partial charge in [-0.15, -0.1) is 0 Å². The van der Waals surface area contributed by atoms with E-state index in [1.54, 1.807) is 0 Å². The molecule has 1 aromatic carbocycles. The number of carbonyl (C=O) groups is 1. The van der Waals surface area contributed by atoms with E-state index in [4.69, 9.17) is 0 Å². The number of hydrogen-bond acceptors (Lipinski definition) is 4. The van der Waals surface area contributed by atoms with Gasteiger partial charge < -0.3 is 15.7 Å². The van der Waals surface area contributed by atoms with Gasteiger partial charge in [0.15, 0.2) is 0 Å². The summed E-state index contributed by atoms with van der Waals surface area (Å²) in [6, 6.07) is 7.63. The monoisotopic (exact) mass is 339 g/mol. The highest BCUT2D eigenvalue weighted by atomic mass is 19.4. The average molecular weight is 339 g/mol. The Kier molecular flexibility index (Phi) is 5.40. The number of halogens is 3. The summed E-state index contributed by atoms with van der Waals surface area (Å²) >= 11 is 0. The molecule has 0 aliphatic heterocycles. The molecule has 1 unspecified atom stereocenters. The van der Waals surface area contributed by atoms with Crippen LogP contribution in [0.15, 0.2) is 42.6 Å². The minimum atomic E-state index is -4.46. The molecule has 3 N–H and O–H groups in total. The third kappa shape index (κ3) is 4.69. The second-order valence-corrected chi connectivity index (χ2v) is 5.16. The van der Waals surface area contributed by atoms with E-state index in [1.807, 2.05) is 0 Å². The summed E-state index contributed by atoms with van der Waals surface area (Å²) in [5.41, 5.74) is -0.479. The van der Waals surface area contributed by atoms with Gasteiger partial charge in [-0.2, -0.15) is 13.2 Å². The van der Waals surface area contributed by atoms with Gasteiger partial charge in [-0.1, -0.05) is 6.07 Å². The topological polar surface area (TPSA) is 74.2 Å². The smallest absolute Gasteiger partial charge is 0.392 e. The molecule has 0 bridgehead atoms. The Morgan fingerprint density at radius 2 is 2.04 bits per heavy atom. The van der Waals surface area contributed by atoms with Crippen molar-refractivity contribution in [3.8, 4) is 0 Å². The fourth-order valence-electron chi connectivity index (χ4n) is 1.93. The van der Waals surface area contributed by atoms with Crippen LogP contribution in [0.1, 0.15) is 22.8 Å². The van der Waals surface area contributed by atoms with Gasteiger partial charge in [0.1, 0.15) is 5.82 Å². The van der Waals surface area contributed by atoms with Gasteiger partial charge in [0.2, 0.25) is 0 Å². The number of pyridine rings is 1. The maximum atomic E-state index is 12.8. The third-order valence-electron chi connectivity index (χ3n) is 3.06. The molecule has 2 rings (SSSR count). The quantitative estimate of drug-likeness (QED) is 0.783. The van der Waals surface area contributed by atoms with Crippen molar-refractivity contribution < 1.29 is 23.1 Å². The van der Waals surface area contributed by atoms with Gasteiger partial charge >= 0.3 is 6.18 Å². The van der Waals surface area contributed by atoms with E-state index in [2.05, 4.69) is 15.6 Å². The second kappa shape index (κ2) is 7.31. The molecule has 0 aliphatic rings. The van der Waals surface area contributed by atoms with Crippen molar-refractivity contribution in [3.63, 3.8) is 0 Å². The number of alkyl halides is 3. The maximum Gasteiger partial charge on any atom is 0.416 e. The zero-order chi connectivity index (χ0) is 17.7. The predicted octanol–water partition coefficient (Wildman–Crippen LogP) is 2.95. The predicted molar refractivity (Wildman–Crippen MR) is 83.0 cm³/mol. The number of rotatable bonds is 5. The number of amides is 1. The van der Waals surface area contributed by atoms with Crippen LogP contribution in [0.2, 0.25) is 0 Å². The van der Waals surface area contributed by atoms with E-state index < -0.39 is 23.8 Å². The van der Waals surface area contributed by atoms with Crippen molar-refractivity contribution in [1.29, 1.82) is 0 Å². The molecule has 5 nitrogen and oxygen atoms in total. The van der Waals surface area contributed by atoms with Crippen molar-refractivity contribution >= 4 is 17.4 Å². The molecule has 24 heavy (non-hydrogen) atoms. The molecular formula is C16H16F3N3O2. The van der Waals surface area contributed by atoms with Gasteiger partial charge in [-0.05, 0) is 37.3 Å². The van der Waals surface area contributed by atoms with Gasteiger partial charge in [-0.25, -0.2) is 4.98 Å². The van der Waals surface area contributed by atoms with Crippen molar-refractivity contribution in [1.82, 2.24) is 10.3 Å². The van der Waals surface area contributed by atoms with E-state index in [-0.39, 0.29) is 23.6 Å². The number of carbonyl (C=O) groups excluding carboxylic acids is 1. The molecule has 1 amide bonds. The fourth-order valence-corrected chi connectivity index (χ4v) is 1.93. The first kappa shape index (κ1) is 17.7. The lowest BCUT2D eigenvalue weighted by molar-refractivity contribution is -0.137. The zero-order valence-corrected chi connectivity index (χ0v) is 12.8. The molecule has 128 valence electrons. The normalized spacial score (nSPS) is 12.5. The molecule has 0 saturated heterocycles. The highest BCUT2D eigenvalue weighted by Crippen LogP contribution is 2.31. The standard InChI is InChI=1S/C16H16F3N3O2/c1-10(23)9-21-15(24)13-6-3-7-20-14(13)22-12-5-2-4-11(8-12)16(17,18)19/h2-8,10,23H,9H2,1H3,(H,20,22)(H,21,24). The average Bonchev–Trinajstić information content (AvgIpc) is 2.52. The second-order valence-electron chi connectivity index (χ2n) is 5.16. The Balaban J connectivity index is 2.23. The number of nitrogens with zero attached hydrogens (tertiary/aromatic N) is 1. The molecule has 0 saturated carbocycles. The molecule has 1 aromatic heterocycles. The van der Waals surface area contributed by atoms with Crippen molar-refractivity contribution in [3.05, 3.63) is 53.7 Å². The summed E-state index contributed by atoms with van der Waals surface area (Å²) in [6.45, 7) is 1.57. The van der Waals surface area contributed by atoms with Crippen LogP contribution in [-0.2, 0) is 6.18 Å². The lowest BCUT2D eigenvalue weighted by Crippen LogP contribution is -2.31. The molecule has 1 heterocycles. The summed E-state index contributed by atoms with van der Waals surface area (Å²) in [7, 11) is 0. The number of aliphatic hydroxyl groups excluding tert-OH is 1. The summed E-state index contributed by atoms with van der Waals surface area (Å²) in [6.07, 6.45) is -3.76. The first-order chi connectivity index (χ1) is 11.3. The van der Waals surface area contributed by atoms with Crippen LogP contribution in [0.3, 0.4) is 0 Å². The van der Waals surface area contributed by atoms with Crippen LogP contribution in [0, 0.1) is 0 Å². The van der Waals surface area contributed by atoms with E-state index in [0.717, 1.165) is 12.1 Å². The Bertz CT molecular complexity index is 718. The number of aliphatic hydroxyl groups is 1. The minimum absolute atomic E-state index is 0.0523. The molecule has 0 aliphatic carbocycles. The lowest BCUT2D eigenvalue weighted by atomic mass is 10.2. The van der Waals surface area contributed by atoms with Gasteiger partial charge in [-0.3, -0.25) is 4.79 Å². The van der Waals surface area contributed by atoms with E-state index in [0.29, 0.717) is 0 Å².